The van der Waals surface area contributed by atoms with Crippen LogP contribution in [0.2, 0.25) is 0 Å². The summed E-state index contributed by atoms with van der Waals surface area (Å²) in [4.78, 5) is 11.8. The zero-order chi connectivity index (χ0) is 13.8. The van der Waals surface area contributed by atoms with E-state index in [4.69, 9.17) is 5.73 Å². The van der Waals surface area contributed by atoms with E-state index in [1.807, 2.05) is 0 Å². The van der Waals surface area contributed by atoms with Gasteiger partial charge >= 0.3 is 0 Å². The Morgan fingerprint density at radius 1 is 1.44 bits per heavy atom. The Bertz CT molecular complexity index is 379. The van der Waals surface area contributed by atoms with Crippen molar-refractivity contribution in [2.75, 3.05) is 18.1 Å². The summed E-state index contributed by atoms with van der Waals surface area (Å²) in [6, 6.07) is -0.00416. The van der Waals surface area contributed by atoms with E-state index in [0.717, 1.165) is 6.42 Å². The Morgan fingerprint density at radius 2 is 2.11 bits per heavy atom. The zero-order valence-corrected chi connectivity index (χ0v) is 12.0. The molecule has 3 N–H and O–H groups in total. The molecule has 1 rings (SSSR count). The highest BCUT2D eigenvalue weighted by atomic mass is 32.2. The Kier molecular flexibility index (Phi) is 5.59. The van der Waals surface area contributed by atoms with E-state index in [1.165, 1.54) is 0 Å². The van der Waals surface area contributed by atoms with E-state index in [9.17, 15) is 13.2 Å². The summed E-state index contributed by atoms with van der Waals surface area (Å²) in [6.07, 6.45) is 1.76. The molecule has 0 aliphatic carbocycles. The summed E-state index contributed by atoms with van der Waals surface area (Å²) in [5.41, 5.74) is 5.61. The van der Waals surface area contributed by atoms with E-state index < -0.39 is 9.84 Å². The first-order chi connectivity index (χ1) is 8.32. The van der Waals surface area contributed by atoms with Crippen molar-refractivity contribution in [3.63, 3.8) is 0 Å². The standard InChI is InChI=1S/C12H24N2O3S/c1-9(2)5-11(7-13)14-12(15)6-10-3-4-18(16,17)8-10/h9-11H,3-8,13H2,1-2H3,(H,14,15). The van der Waals surface area contributed by atoms with Gasteiger partial charge in [-0.25, -0.2) is 8.42 Å². The highest BCUT2D eigenvalue weighted by Crippen LogP contribution is 2.21. The van der Waals surface area contributed by atoms with Crippen molar-refractivity contribution >= 4 is 15.7 Å². The van der Waals surface area contributed by atoms with Crippen LogP contribution in [0.5, 0.6) is 0 Å². The van der Waals surface area contributed by atoms with Crippen molar-refractivity contribution in [3.05, 3.63) is 0 Å². The van der Waals surface area contributed by atoms with E-state index in [-0.39, 0.29) is 29.4 Å². The second kappa shape index (κ2) is 6.52. The smallest absolute Gasteiger partial charge is 0.220 e. The summed E-state index contributed by atoms with van der Waals surface area (Å²) in [6.45, 7) is 4.59. The quantitative estimate of drug-likeness (QED) is 0.730. The minimum Gasteiger partial charge on any atom is -0.352 e. The molecule has 18 heavy (non-hydrogen) atoms. The molecule has 1 amide bonds. The van der Waals surface area contributed by atoms with Gasteiger partial charge in [0.25, 0.3) is 0 Å². The van der Waals surface area contributed by atoms with Gasteiger partial charge in [0.1, 0.15) is 0 Å². The topological polar surface area (TPSA) is 89.3 Å². The maximum Gasteiger partial charge on any atom is 0.220 e. The van der Waals surface area contributed by atoms with Gasteiger partial charge in [-0.15, -0.1) is 0 Å². The van der Waals surface area contributed by atoms with Crippen LogP contribution < -0.4 is 11.1 Å². The fourth-order valence-electron chi connectivity index (χ4n) is 2.36. The fourth-order valence-corrected chi connectivity index (χ4v) is 4.23. The van der Waals surface area contributed by atoms with Crippen molar-refractivity contribution in [1.29, 1.82) is 0 Å². The molecule has 0 aromatic rings. The molecule has 0 spiro atoms. The van der Waals surface area contributed by atoms with E-state index in [1.54, 1.807) is 0 Å². The Balaban J connectivity index is 2.37. The number of nitrogens with two attached hydrogens (primary N) is 1. The van der Waals surface area contributed by atoms with Crippen molar-refractivity contribution in [3.8, 4) is 0 Å². The van der Waals surface area contributed by atoms with Gasteiger partial charge < -0.3 is 11.1 Å². The van der Waals surface area contributed by atoms with Crippen LogP contribution in [0.3, 0.4) is 0 Å². The number of sulfone groups is 1. The SMILES string of the molecule is CC(C)CC(CN)NC(=O)CC1CCS(=O)(=O)C1. The van der Waals surface area contributed by atoms with Gasteiger partial charge in [-0.3, -0.25) is 4.79 Å². The predicted octanol–water partition coefficient (Wildman–Crippen LogP) is 0.301. The van der Waals surface area contributed by atoms with Crippen molar-refractivity contribution in [2.24, 2.45) is 17.6 Å². The van der Waals surface area contributed by atoms with Crippen molar-refractivity contribution in [2.45, 2.75) is 39.2 Å². The minimum absolute atomic E-state index is 0.00416. The number of amides is 1. The van der Waals surface area contributed by atoms with Gasteiger partial charge in [0.05, 0.1) is 11.5 Å². The van der Waals surface area contributed by atoms with Gasteiger partial charge in [0.15, 0.2) is 9.84 Å². The van der Waals surface area contributed by atoms with Crippen LogP contribution >= 0.6 is 0 Å². The molecule has 1 saturated heterocycles. The molecule has 2 atom stereocenters. The molecular formula is C12H24N2O3S. The lowest BCUT2D eigenvalue weighted by Gasteiger charge is -2.19. The van der Waals surface area contributed by atoms with E-state index >= 15 is 0 Å². The first-order valence-electron chi connectivity index (χ1n) is 6.52. The van der Waals surface area contributed by atoms with Crippen LogP contribution in [0.4, 0.5) is 0 Å². The fraction of sp³-hybridized carbons (Fsp3) is 0.917. The lowest BCUT2D eigenvalue weighted by atomic mass is 10.0. The number of hydrogen-bond donors (Lipinski definition) is 2. The minimum atomic E-state index is -2.90. The summed E-state index contributed by atoms with van der Waals surface area (Å²) in [5.74, 6) is 0.751. The third-order valence-corrected chi connectivity index (χ3v) is 5.04. The number of hydrogen-bond acceptors (Lipinski definition) is 4. The molecule has 106 valence electrons. The summed E-state index contributed by atoms with van der Waals surface area (Å²) in [5, 5.41) is 2.89. The summed E-state index contributed by atoms with van der Waals surface area (Å²) >= 11 is 0. The molecule has 0 aromatic heterocycles. The number of carbonyl (C=O) groups excluding carboxylic acids is 1. The van der Waals surface area contributed by atoms with Crippen LogP contribution in [-0.4, -0.2) is 38.4 Å². The highest BCUT2D eigenvalue weighted by molar-refractivity contribution is 7.91. The third-order valence-electron chi connectivity index (χ3n) is 3.21. The second-order valence-electron chi connectivity index (χ2n) is 5.60. The number of nitrogens with one attached hydrogen (secondary N) is 1. The molecule has 6 heteroatoms. The summed E-state index contributed by atoms with van der Waals surface area (Å²) < 4.78 is 22.6. The molecule has 0 bridgehead atoms. The average molecular weight is 276 g/mol. The highest BCUT2D eigenvalue weighted by Gasteiger charge is 2.29. The molecule has 1 fully saturated rings. The Morgan fingerprint density at radius 3 is 2.56 bits per heavy atom. The monoisotopic (exact) mass is 276 g/mol. The van der Waals surface area contributed by atoms with Gasteiger partial charge in [0, 0.05) is 19.0 Å². The van der Waals surface area contributed by atoms with Gasteiger partial charge in [-0.2, -0.15) is 0 Å². The average Bonchev–Trinajstić information content (AvgIpc) is 2.56. The second-order valence-corrected chi connectivity index (χ2v) is 7.83. The first-order valence-corrected chi connectivity index (χ1v) is 8.34. The summed E-state index contributed by atoms with van der Waals surface area (Å²) in [7, 11) is -2.90. The van der Waals surface area contributed by atoms with Gasteiger partial charge in [-0.1, -0.05) is 13.8 Å². The first kappa shape index (κ1) is 15.4. The maximum absolute atomic E-state index is 11.8. The van der Waals surface area contributed by atoms with Crippen LogP contribution in [0.25, 0.3) is 0 Å². The molecule has 5 nitrogen and oxygen atoms in total. The number of rotatable bonds is 6. The van der Waals surface area contributed by atoms with Crippen LogP contribution in [-0.2, 0) is 14.6 Å². The molecule has 1 heterocycles. The maximum atomic E-state index is 11.8. The normalized spacial score (nSPS) is 24.1. The molecule has 2 unspecified atom stereocenters. The molecule has 1 aliphatic rings. The molecule has 0 aromatic carbocycles. The third kappa shape index (κ3) is 5.35. The van der Waals surface area contributed by atoms with Gasteiger partial charge in [-0.05, 0) is 24.7 Å². The predicted molar refractivity (Wildman–Crippen MR) is 71.8 cm³/mol. The van der Waals surface area contributed by atoms with E-state index in [0.29, 0.717) is 25.3 Å². The van der Waals surface area contributed by atoms with Crippen LogP contribution in [0.1, 0.15) is 33.1 Å². The molecular weight excluding hydrogens is 252 g/mol. The lowest BCUT2D eigenvalue weighted by Crippen LogP contribution is -2.41. The molecule has 0 radical (unpaired) electrons. The lowest BCUT2D eigenvalue weighted by molar-refractivity contribution is -0.122. The number of carbonyl (C=O) groups is 1. The zero-order valence-electron chi connectivity index (χ0n) is 11.2. The van der Waals surface area contributed by atoms with Crippen molar-refractivity contribution in [1.82, 2.24) is 5.32 Å². The molecule has 0 saturated carbocycles. The molecule has 1 aliphatic heterocycles. The Labute approximate surface area is 109 Å². The van der Waals surface area contributed by atoms with Gasteiger partial charge in [0.2, 0.25) is 5.91 Å². The van der Waals surface area contributed by atoms with Crippen LogP contribution in [0.15, 0.2) is 0 Å². The van der Waals surface area contributed by atoms with Crippen LogP contribution in [0, 0.1) is 11.8 Å². The largest absolute Gasteiger partial charge is 0.352 e. The van der Waals surface area contributed by atoms with Crippen molar-refractivity contribution < 1.29 is 13.2 Å². The Hall–Kier alpha value is -0.620. The van der Waals surface area contributed by atoms with E-state index in [2.05, 4.69) is 19.2 Å².